The van der Waals surface area contributed by atoms with Crippen molar-refractivity contribution in [2.24, 2.45) is 0 Å². The lowest BCUT2D eigenvalue weighted by Crippen LogP contribution is -2.60. The zero-order valence-corrected chi connectivity index (χ0v) is 28.5. The Morgan fingerprint density at radius 2 is 1.79 bits per heavy atom. The van der Waals surface area contributed by atoms with Crippen LogP contribution < -0.4 is 10.9 Å². The van der Waals surface area contributed by atoms with Crippen LogP contribution in [-0.4, -0.2) is 74.0 Å². The van der Waals surface area contributed by atoms with Crippen LogP contribution >= 0.6 is 11.6 Å². The van der Waals surface area contributed by atoms with Crippen molar-refractivity contribution >= 4 is 34.5 Å². The fraction of sp³-hybridized carbons (Fsp3) is 0.444. The monoisotopic (exact) mass is 674 g/mol. The second-order valence-electron chi connectivity index (χ2n) is 13.5. The van der Waals surface area contributed by atoms with Crippen molar-refractivity contribution in [3.63, 3.8) is 0 Å². The normalized spacial score (nSPS) is 19.0. The fourth-order valence-electron chi connectivity index (χ4n) is 6.28. The number of ether oxygens (including phenoxy) is 2. The highest BCUT2D eigenvalue weighted by Gasteiger charge is 2.37. The molecule has 4 heterocycles. The molecule has 2 fully saturated rings. The maximum atomic E-state index is 13.9. The minimum atomic E-state index is -0.767. The molecule has 2 aromatic heterocycles. The number of hydrogen-bond donors (Lipinski definition) is 1. The Morgan fingerprint density at radius 3 is 2.50 bits per heavy atom. The highest BCUT2D eigenvalue weighted by molar-refractivity contribution is 6.31. The summed E-state index contributed by atoms with van der Waals surface area (Å²) in [5.74, 6) is -0.284. The number of amides is 2. The molecule has 2 saturated heterocycles. The summed E-state index contributed by atoms with van der Waals surface area (Å²) in [4.78, 5) is 43.0. The van der Waals surface area contributed by atoms with Gasteiger partial charge in [-0.25, -0.2) is 9.48 Å². The number of aromatic nitrogens is 3. The number of carbonyl (C=O) groups excluding carboxylic acids is 2. The second kappa shape index (κ2) is 14.5. The van der Waals surface area contributed by atoms with Crippen molar-refractivity contribution in [1.82, 2.24) is 29.5 Å². The molecular formula is C36H43ClN6O5. The van der Waals surface area contributed by atoms with Crippen LogP contribution in [0.4, 0.5) is 4.79 Å². The Labute approximate surface area is 285 Å². The molecular weight excluding hydrogens is 632 g/mol. The number of halogens is 1. The van der Waals surface area contributed by atoms with Gasteiger partial charge in [0.05, 0.1) is 24.3 Å². The van der Waals surface area contributed by atoms with Crippen LogP contribution in [0.3, 0.4) is 0 Å². The van der Waals surface area contributed by atoms with Crippen LogP contribution in [0.2, 0.25) is 5.02 Å². The first-order chi connectivity index (χ1) is 23.0. The van der Waals surface area contributed by atoms with Gasteiger partial charge in [-0.15, -0.1) is 0 Å². The molecule has 254 valence electrons. The smallest absolute Gasteiger partial charge is 0.411 e. The molecule has 2 aliphatic rings. The molecule has 2 aromatic carbocycles. The minimum absolute atomic E-state index is 0.0441. The number of nitrogens with one attached hydrogen (secondary N) is 1. The van der Waals surface area contributed by atoms with E-state index in [1.807, 2.05) is 74.0 Å². The molecule has 0 spiro atoms. The zero-order valence-electron chi connectivity index (χ0n) is 27.7. The van der Waals surface area contributed by atoms with Crippen LogP contribution in [0, 0.1) is 0 Å². The van der Waals surface area contributed by atoms with Gasteiger partial charge in [-0.3, -0.25) is 19.4 Å². The summed E-state index contributed by atoms with van der Waals surface area (Å²) in [6, 6.07) is 18.1. The number of rotatable bonds is 8. The lowest BCUT2D eigenvalue weighted by atomic mass is 10.1. The molecule has 48 heavy (non-hydrogen) atoms. The van der Waals surface area contributed by atoms with Gasteiger partial charge in [0, 0.05) is 55.5 Å². The van der Waals surface area contributed by atoms with Crippen molar-refractivity contribution < 1.29 is 19.1 Å². The Morgan fingerprint density at radius 1 is 1.02 bits per heavy atom. The number of benzene rings is 2. The molecule has 11 nitrogen and oxygen atoms in total. The highest BCUT2D eigenvalue weighted by Crippen LogP contribution is 2.30. The van der Waals surface area contributed by atoms with E-state index in [0.29, 0.717) is 50.0 Å². The molecule has 2 unspecified atom stereocenters. The van der Waals surface area contributed by atoms with Gasteiger partial charge >= 0.3 is 6.09 Å². The molecule has 2 atom stereocenters. The molecule has 4 aromatic rings. The molecule has 0 radical (unpaired) electrons. The third kappa shape index (κ3) is 8.08. The van der Waals surface area contributed by atoms with E-state index >= 15 is 0 Å². The van der Waals surface area contributed by atoms with Crippen LogP contribution in [0.25, 0.3) is 10.9 Å². The predicted octanol–water partition coefficient (Wildman–Crippen LogP) is 5.34. The summed E-state index contributed by atoms with van der Waals surface area (Å²) in [6.45, 7) is 8.65. The summed E-state index contributed by atoms with van der Waals surface area (Å²) in [5, 5.41) is 9.36. The second-order valence-corrected chi connectivity index (χ2v) is 13.9. The van der Waals surface area contributed by atoms with E-state index < -0.39 is 17.7 Å². The van der Waals surface area contributed by atoms with Gasteiger partial charge in [-0.05, 0) is 75.4 Å². The number of nitrogens with zero attached hydrogens (tertiary/aromatic N) is 5. The van der Waals surface area contributed by atoms with E-state index in [1.54, 1.807) is 22.9 Å². The van der Waals surface area contributed by atoms with Gasteiger partial charge in [0.15, 0.2) is 6.23 Å². The molecule has 2 aliphatic heterocycles. The summed E-state index contributed by atoms with van der Waals surface area (Å²) in [6.07, 6.45) is 4.04. The van der Waals surface area contributed by atoms with Crippen molar-refractivity contribution in [2.75, 3.05) is 26.2 Å². The van der Waals surface area contributed by atoms with Crippen molar-refractivity contribution in [3.05, 3.63) is 99.1 Å². The van der Waals surface area contributed by atoms with E-state index in [9.17, 15) is 14.4 Å². The first kappa shape index (κ1) is 33.7. The van der Waals surface area contributed by atoms with Crippen molar-refractivity contribution in [3.8, 4) is 0 Å². The first-order valence-corrected chi connectivity index (χ1v) is 16.9. The molecule has 2 amide bonds. The van der Waals surface area contributed by atoms with E-state index in [-0.39, 0.29) is 24.2 Å². The highest BCUT2D eigenvalue weighted by atomic mass is 35.5. The minimum Gasteiger partial charge on any atom is -0.444 e. The Bertz CT molecular complexity index is 1810. The van der Waals surface area contributed by atoms with E-state index in [1.165, 1.54) is 4.90 Å². The summed E-state index contributed by atoms with van der Waals surface area (Å²) in [5.41, 5.74) is 2.93. The quantitative estimate of drug-likeness (QED) is 0.269. The summed E-state index contributed by atoms with van der Waals surface area (Å²) < 4.78 is 15.3. The van der Waals surface area contributed by atoms with E-state index in [2.05, 4.69) is 10.2 Å². The lowest BCUT2D eigenvalue weighted by molar-refractivity contribution is -0.129. The Kier molecular flexibility index (Phi) is 10.2. The lowest BCUT2D eigenvalue weighted by Gasteiger charge is -2.40. The van der Waals surface area contributed by atoms with Crippen LogP contribution in [0.15, 0.2) is 71.7 Å². The summed E-state index contributed by atoms with van der Waals surface area (Å²) >= 11 is 6.38. The fourth-order valence-corrected chi connectivity index (χ4v) is 6.45. The Balaban J connectivity index is 1.17. The van der Waals surface area contributed by atoms with Crippen molar-refractivity contribution in [2.45, 2.75) is 77.5 Å². The average molecular weight is 675 g/mol. The average Bonchev–Trinajstić information content (AvgIpc) is 3.42. The molecule has 0 saturated carbocycles. The topological polar surface area (TPSA) is 111 Å². The largest absolute Gasteiger partial charge is 0.444 e. The standard InChI is InChI=1S/C36H43ClN6O5/c1-36(2,3)48-35(46)42-18-17-40(22-25-10-12-26(13-11-25)23-41-16-6-4-8-32(41)44)24-31(42)34(45)38-21-29-28-20-27(37)14-15-30(28)43(39-29)33-9-5-7-19-47-33/h4,6,8,10-16,20,31,33H,5,7,9,17-19,21-24H2,1-3H3,(H,38,45). The first-order valence-electron chi connectivity index (χ1n) is 16.6. The van der Waals surface area contributed by atoms with Gasteiger partial charge in [-0.2, -0.15) is 5.10 Å². The molecule has 6 rings (SSSR count). The third-order valence-electron chi connectivity index (χ3n) is 8.68. The van der Waals surface area contributed by atoms with Crippen LogP contribution in [-0.2, 0) is 33.9 Å². The maximum Gasteiger partial charge on any atom is 0.411 e. The number of piperazine rings is 1. The molecule has 0 aliphatic carbocycles. The number of fused-ring (bicyclic) bond motifs is 1. The SMILES string of the molecule is CC(C)(C)OC(=O)N1CCN(Cc2ccc(Cn3ccccc3=O)cc2)CC1C(=O)NCc1nn(C2CCCCO2)c2ccc(Cl)cc12. The van der Waals surface area contributed by atoms with Crippen molar-refractivity contribution in [1.29, 1.82) is 0 Å². The van der Waals surface area contributed by atoms with Gasteiger partial charge < -0.3 is 19.4 Å². The Hall–Kier alpha value is -4.19. The molecule has 12 heteroatoms. The van der Waals surface area contributed by atoms with Gasteiger partial charge in [-0.1, -0.05) is 41.9 Å². The number of pyridine rings is 1. The molecule has 0 bridgehead atoms. The predicted molar refractivity (Wildman–Crippen MR) is 184 cm³/mol. The van der Waals surface area contributed by atoms with Gasteiger partial charge in [0.2, 0.25) is 5.91 Å². The van der Waals surface area contributed by atoms with E-state index in [4.69, 9.17) is 26.2 Å². The number of carbonyl (C=O) groups is 2. The van der Waals surface area contributed by atoms with Crippen LogP contribution in [0.5, 0.6) is 0 Å². The maximum absolute atomic E-state index is 13.9. The van der Waals surface area contributed by atoms with Gasteiger partial charge in [0.25, 0.3) is 5.56 Å². The van der Waals surface area contributed by atoms with Crippen LogP contribution in [0.1, 0.15) is 63.1 Å². The third-order valence-corrected chi connectivity index (χ3v) is 8.91. The zero-order chi connectivity index (χ0) is 33.8. The summed E-state index contributed by atoms with van der Waals surface area (Å²) in [7, 11) is 0. The van der Waals surface area contributed by atoms with E-state index in [0.717, 1.165) is 41.3 Å². The molecule has 1 N–H and O–H groups in total. The van der Waals surface area contributed by atoms with Gasteiger partial charge in [0.1, 0.15) is 11.6 Å². The number of hydrogen-bond acceptors (Lipinski definition) is 7.